The molecule has 6 aromatic carbocycles. The number of unbranched alkanes of at least 4 members (excludes halogenated alkanes) is 11. The van der Waals surface area contributed by atoms with Crippen molar-refractivity contribution in [3.05, 3.63) is 169 Å². The highest BCUT2D eigenvalue weighted by atomic mass is 35.7. The third-order valence-electron chi connectivity index (χ3n) is 13.0. The van der Waals surface area contributed by atoms with E-state index in [2.05, 4.69) is 14.8 Å². The predicted octanol–water partition coefficient (Wildman–Crippen LogP) is 12.8. The van der Waals surface area contributed by atoms with Crippen LogP contribution in [0.3, 0.4) is 0 Å². The number of carboxylic acids is 1. The Bertz CT molecular complexity index is 3640. The van der Waals surface area contributed by atoms with Gasteiger partial charge in [0, 0.05) is 36.4 Å². The summed E-state index contributed by atoms with van der Waals surface area (Å²) < 4.78 is 153. The van der Waals surface area contributed by atoms with E-state index < -0.39 is 67.8 Å². The van der Waals surface area contributed by atoms with Crippen molar-refractivity contribution in [2.75, 3.05) is 60.5 Å². The molecule has 0 aliphatic rings. The van der Waals surface area contributed by atoms with Gasteiger partial charge in [0.1, 0.15) is 23.3 Å². The van der Waals surface area contributed by atoms with Gasteiger partial charge in [0.15, 0.2) is 29.5 Å². The molecule has 0 spiro atoms. The summed E-state index contributed by atoms with van der Waals surface area (Å²) in [5.74, 6) is -3.12. The van der Waals surface area contributed by atoms with E-state index in [4.69, 9.17) is 38.7 Å². The molecule has 20 nitrogen and oxygen atoms in total. The smallest absolute Gasteiger partial charge is 0.305 e. The van der Waals surface area contributed by atoms with Crippen LogP contribution in [-0.2, 0) is 67.2 Å². The number of aliphatic carboxylic acids is 1. The standard InChI is InChI=1S/C19H23FN2O3S.C14H19FO4S.C13H17FO4S.C7H15NO2.C6H4ClFO2S.C6H8N2.ClH/c20-15-10-12-16(13-11-15)26(24,25)14-6-2-1-3-9-19(23)22-18-8-5-4-7-17(18)21;1-19-14(16)6-4-2-3-5-11-20(17,18)13-9-7-12(15)8-10-13;14-11-6-8-12(9-7-11)19(17,18)10-4-2-1-3-5-13(15)16;1-10-7(9)5-3-2-4-6-8;7-11(9,10)6-3-1-5(8)2-4-6;7-5-3-1-2-4-6(5)8;/h4-5,7-8,10-13H,1-3,6,9,14,21H2,(H,22,23);7-10H,2-6,11H2,1H3;6-9H,1-5,10H2,(H,15,16);2-6,8H2,1H3;1-4H;1-4H,7-8H2;1H. The van der Waals surface area contributed by atoms with E-state index in [1.165, 1.54) is 50.6 Å². The third-order valence-corrected chi connectivity index (χ3v) is 19.9. The number of anilines is 4. The molecule has 30 heteroatoms. The third kappa shape index (κ3) is 41.3. The SMILES string of the molecule is COC(=O)CCCCCCS(=O)(=O)c1ccc(F)cc1.COC(=O)CCCCCN.Cl.Nc1ccccc1N.Nc1ccccc1NC(=O)CCCCCCS(=O)(=O)c1ccc(F)cc1.O=C(O)CCCCCCS(=O)(=O)c1ccc(F)cc1.O=S(=O)(Cl)c1ccc(F)cc1. The minimum atomic E-state index is -3.71. The van der Waals surface area contributed by atoms with Gasteiger partial charge in [0.05, 0.1) is 73.8 Å². The maximum Gasteiger partial charge on any atom is 0.305 e. The Balaban J connectivity index is 0.00000116. The number of amides is 1. The van der Waals surface area contributed by atoms with E-state index in [1.54, 1.807) is 36.4 Å². The van der Waals surface area contributed by atoms with Gasteiger partial charge in [-0.2, -0.15) is 0 Å². The van der Waals surface area contributed by atoms with Crippen LogP contribution in [0.2, 0.25) is 0 Å². The number of hydrogen-bond donors (Lipinski definition) is 6. The van der Waals surface area contributed by atoms with Crippen LogP contribution < -0.4 is 28.3 Å². The largest absolute Gasteiger partial charge is 0.481 e. The number of nitrogen functional groups attached to an aromatic ring is 3. The van der Waals surface area contributed by atoms with Crippen molar-refractivity contribution in [1.82, 2.24) is 0 Å². The number of ether oxygens (including phenoxy) is 2. The number of nitrogens with two attached hydrogens (primary N) is 4. The molecule has 6 aromatic rings. The number of sulfone groups is 3. The van der Waals surface area contributed by atoms with Gasteiger partial charge in [-0.05, 0) is 179 Å². The van der Waals surface area contributed by atoms with Crippen molar-refractivity contribution in [2.24, 2.45) is 5.73 Å². The predicted molar refractivity (Wildman–Crippen MR) is 365 cm³/mol. The van der Waals surface area contributed by atoms with Crippen LogP contribution in [0.5, 0.6) is 0 Å². The number of hydrogen-bond acceptors (Lipinski definition) is 18. The van der Waals surface area contributed by atoms with Gasteiger partial charge >= 0.3 is 17.9 Å². The summed E-state index contributed by atoms with van der Waals surface area (Å²) in [6.45, 7) is 0.709. The van der Waals surface area contributed by atoms with Crippen molar-refractivity contribution in [1.29, 1.82) is 0 Å². The van der Waals surface area contributed by atoms with E-state index in [0.717, 1.165) is 99.2 Å². The Morgan fingerprint density at radius 1 is 0.411 bits per heavy atom. The normalized spacial score (nSPS) is 10.8. The van der Waals surface area contributed by atoms with Crippen LogP contribution in [-0.4, -0.2) is 101 Å². The van der Waals surface area contributed by atoms with E-state index in [-0.39, 0.29) is 73.5 Å². The maximum atomic E-state index is 12.9. The van der Waals surface area contributed by atoms with Crippen molar-refractivity contribution in [2.45, 2.75) is 142 Å². The van der Waals surface area contributed by atoms with E-state index in [1.807, 2.05) is 12.1 Å². The summed E-state index contributed by atoms with van der Waals surface area (Å²) in [5.41, 5.74) is 24.2. The lowest BCUT2D eigenvalue weighted by molar-refractivity contribution is -0.141. The fraction of sp³-hybridized carbons (Fsp3) is 0.385. The topological polar surface area (TPSA) is 360 Å². The second-order valence-electron chi connectivity index (χ2n) is 20.6. The Kier molecular flexibility index (Phi) is 44.6. The number of benzene rings is 6. The molecule has 10 N–H and O–H groups in total. The molecular weight excluding hydrogens is 1370 g/mol. The lowest BCUT2D eigenvalue weighted by Crippen LogP contribution is -2.12. The molecule has 6 rings (SSSR count). The zero-order valence-electron chi connectivity index (χ0n) is 53.0. The molecule has 0 aliphatic heterocycles. The summed E-state index contributed by atoms with van der Waals surface area (Å²) in [5, 5.41) is 11.2. The Morgan fingerprint density at radius 2 is 0.695 bits per heavy atom. The van der Waals surface area contributed by atoms with Crippen molar-refractivity contribution >= 4 is 108 Å². The monoisotopic (exact) mass is 1450 g/mol. The van der Waals surface area contributed by atoms with Crippen molar-refractivity contribution < 1.29 is 85.0 Å². The van der Waals surface area contributed by atoms with Gasteiger partial charge in [0.2, 0.25) is 5.91 Å². The number of carbonyl (C=O) groups excluding carboxylic acids is 3. The summed E-state index contributed by atoms with van der Waals surface area (Å²) in [7, 11) is -6.09. The zero-order chi connectivity index (χ0) is 70.6. The molecular formula is C65H87Cl2F4N5O15S4. The van der Waals surface area contributed by atoms with Crippen LogP contribution in [0.1, 0.15) is 122 Å². The summed E-state index contributed by atoms with van der Waals surface area (Å²) in [6, 6.07) is 33.1. The molecule has 0 radical (unpaired) electrons. The van der Waals surface area contributed by atoms with Gasteiger partial charge < -0.3 is 42.8 Å². The number of halogens is 6. The first-order valence-corrected chi connectivity index (χ1v) is 37.1. The number of rotatable bonds is 31. The Hall–Kier alpha value is -7.34. The minimum Gasteiger partial charge on any atom is -0.481 e. The molecule has 0 atom stereocenters. The molecule has 0 saturated carbocycles. The second kappa shape index (κ2) is 48.4. The highest BCUT2D eigenvalue weighted by Crippen LogP contribution is 2.21. The summed E-state index contributed by atoms with van der Waals surface area (Å²) in [6.07, 6.45) is 12.1. The van der Waals surface area contributed by atoms with Gasteiger partial charge in [-0.1, -0.05) is 69.2 Å². The fourth-order valence-corrected chi connectivity index (χ4v) is 12.7. The number of para-hydroxylation sites is 4. The van der Waals surface area contributed by atoms with Gasteiger partial charge in [-0.3, -0.25) is 19.2 Å². The maximum absolute atomic E-state index is 12.9. The molecule has 528 valence electrons. The molecule has 0 bridgehead atoms. The number of methoxy groups -OCH3 is 2. The van der Waals surface area contributed by atoms with E-state index in [0.29, 0.717) is 106 Å². The number of esters is 2. The molecule has 0 heterocycles. The molecule has 1 amide bonds. The molecule has 0 unspecified atom stereocenters. The summed E-state index contributed by atoms with van der Waals surface area (Å²) in [4.78, 5) is 43.9. The van der Waals surface area contributed by atoms with Crippen LogP contribution >= 0.6 is 23.1 Å². The Labute approximate surface area is 566 Å². The fourth-order valence-electron chi connectivity index (χ4n) is 7.77. The summed E-state index contributed by atoms with van der Waals surface area (Å²) >= 11 is 0. The molecule has 0 aromatic heterocycles. The molecule has 0 saturated heterocycles. The zero-order valence-corrected chi connectivity index (χ0v) is 57.9. The van der Waals surface area contributed by atoms with Gasteiger partial charge in [-0.25, -0.2) is 51.2 Å². The highest BCUT2D eigenvalue weighted by Gasteiger charge is 2.17. The first kappa shape index (κ1) is 87.7. The van der Waals surface area contributed by atoms with E-state index in [9.17, 15) is 70.4 Å². The second-order valence-corrected chi connectivity index (χ2v) is 29.5. The van der Waals surface area contributed by atoms with E-state index >= 15 is 0 Å². The first-order chi connectivity index (χ1) is 44.4. The average molecular weight is 1450 g/mol. The molecule has 0 fully saturated rings. The number of carboxylic acid groups (broad SMARTS) is 1. The van der Waals surface area contributed by atoms with Gasteiger partial charge in [0.25, 0.3) is 9.05 Å². The lowest BCUT2D eigenvalue weighted by atomic mass is 10.1. The lowest BCUT2D eigenvalue weighted by Gasteiger charge is -2.08. The van der Waals surface area contributed by atoms with Crippen LogP contribution in [0.25, 0.3) is 0 Å². The number of nitrogens with one attached hydrogen (secondary N) is 1. The van der Waals surface area contributed by atoms with Crippen LogP contribution in [0.15, 0.2) is 165 Å². The highest BCUT2D eigenvalue weighted by molar-refractivity contribution is 8.13. The first-order valence-electron chi connectivity index (χ1n) is 29.8. The molecule has 0 aliphatic carbocycles. The quantitative estimate of drug-likeness (QED) is 0.00588. The van der Waals surface area contributed by atoms with Crippen LogP contribution in [0, 0.1) is 23.3 Å². The van der Waals surface area contributed by atoms with Gasteiger partial charge in [-0.15, -0.1) is 12.4 Å². The number of carbonyl (C=O) groups is 4. The average Bonchev–Trinajstić information content (AvgIpc) is 0.952. The van der Waals surface area contributed by atoms with Crippen LogP contribution in [0.4, 0.5) is 40.3 Å². The minimum absolute atomic E-state index is 0. The Morgan fingerprint density at radius 3 is 0.989 bits per heavy atom. The molecule has 95 heavy (non-hydrogen) atoms. The van der Waals surface area contributed by atoms with Crippen molar-refractivity contribution in [3.8, 4) is 0 Å². The van der Waals surface area contributed by atoms with Crippen molar-refractivity contribution in [3.63, 3.8) is 0 Å².